The third-order valence-electron chi connectivity index (χ3n) is 5.50. The summed E-state index contributed by atoms with van der Waals surface area (Å²) in [6, 6.07) is 14.7. The number of nitrogens with zero attached hydrogens (tertiary/aromatic N) is 1. The lowest BCUT2D eigenvalue weighted by molar-refractivity contribution is -0.126. The lowest BCUT2D eigenvalue weighted by Crippen LogP contribution is -2.45. The molecule has 8 heteroatoms. The normalized spacial score (nSPS) is 19.2. The van der Waals surface area contributed by atoms with Crippen molar-refractivity contribution >= 4 is 28.3 Å². The molecule has 1 unspecified atom stereocenters. The van der Waals surface area contributed by atoms with Gasteiger partial charge in [-0.3, -0.25) is 4.79 Å². The molecule has 0 bridgehead atoms. The number of benzene rings is 2. The summed E-state index contributed by atoms with van der Waals surface area (Å²) in [5.41, 5.74) is 3.66. The average molecular weight is 436 g/mol. The maximum Gasteiger partial charge on any atom is 0.243 e. The van der Waals surface area contributed by atoms with Crippen LogP contribution in [0.3, 0.4) is 0 Å². The molecular weight excluding hydrogens is 410 g/mol. The van der Waals surface area contributed by atoms with Gasteiger partial charge >= 0.3 is 0 Å². The first-order chi connectivity index (χ1) is 13.5. The molecule has 1 saturated heterocycles. The molecule has 2 aliphatic heterocycles. The van der Waals surface area contributed by atoms with Gasteiger partial charge in [-0.2, -0.15) is 4.31 Å². The summed E-state index contributed by atoms with van der Waals surface area (Å²) in [5, 5.41) is 6.30. The van der Waals surface area contributed by atoms with Crippen LogP contribution in [0, 0.1) is 5.92 Å². The maximum absolute atomic E-state index is 12.8. The monoisotopic (exact) mass is 435 g/mol. The number of hydrogen-bond donors (Lipinski definition) is 2. The van der Waals surface area contributed by atoms with Gasteiger partial charge in [0.1, 0.15) is 0 Å². The van der Waals surface area contributed by atoms with Crippen LogP contribution in [0.15, 0.2) is 53.4 Å². The molecule has 1 atom stereocenters. The first kappa shape index (κ1) is 21.8. The smallest absolute Gasteiger partial charge is 0.243 e. The number of carbonyl (C=O) groups excluding carboxylic acids is 1. The number of halogens is 1. The molecule has 29 heavy (non-hydrogen) atoms. The van der Waals surface area contributed by atoms with Gasteiger partial charge in [-0.1, -0.05) is 36.4 Å². The molecule has 0 aromatic heterocycles. The number of sulfonamides is 1. The SMILES string of the molecule is Cl.O=C(NCc1ccc2c(c1)CNC2)C1CCCN(S(=O)(=O)c2ccccc2)C1. The summed E-state index contributed by atoms with van der Waals surface area (Å²) < 4.78 is 27.1. The van der Waals surface area contributed by atoms with Gasteiger partial charge < -0.3 is 10.6 Å². The minimum absolute atomic E-state index is 0. The van der Waals surface area contributed by atoms with Crippen LogP contribution in [0.25, 0.3) is 0 Å². The van der Waals surface area contributed by atoms with E-state index in [1.165, 1.54) is 15.4 Å². The summed E-state index contributed by atoms with van der Waals surface area (Å²) >= 11 is 0. The Morgan fingerprint density at radius 3 is 2.66 bits per heavy atom. The lowest BCUT2D eigenvalue weighted by atomic mass is 9.98. The summed E-state index contributed by atoms with van der Waals surface area (Å²) in [5.74, 6) is -0.394. The van der Waals surface area contributed by atoms with Crippen LogP contribution in [-0.2, 0) is 34.5 Å². The molecule has 0 saturated carbocycles. The van der Waals surface area contributed by atoms with Gasteiger partial charge in [0.15, 0.2) is 0 Å². The number of rotatable bonds is 5. The molecule has 2 aromatic rings. The summed E-state index contributed by atoms with van der Waals surface area (Å²) in [4.78, 5) is 12.9. The Kier molecular flexibility index (Phi) is 6.95. The molecule has 1 amide bonds. The molecular formula is C21H26ClN3O3S. The zero-order valence-electron chi connectivity index (χ0n) is 16.1. The van der Waals surface area contributed by atoms with Crippen molar-refractivity contribution < 1.29 is 13.2 Å². The lowest BCUT2D eigenvalue weighted by Gasteiger charge is -2.31. The number of carbonyl (C=O) groups is 1. The van der Waals surface area contributed by atoms with E-state index >= 15 is 0 Å². The van der Waals surface area contributed by atoms with Crippen molar-refractivity contribution in [2.24, 2.45) is 5.92 Å². The second-order valence-electron chi connectivity index (χ2n) is 7.44. The highest BCUT2D eigenvalue weighted by atomic mass is 35.5. The van der Waals surface area contributed by atoms with Crippen LogP contribution in [0.5, 0.6) is 0 Å². The quantitative estimate of drug-likeness (QED) is 0.756. The molecule has 156 valence electrons. The van der Waals surface area contributed by atoms with E-state index < -0.39 is 10.0 Å². The minimum atomic E-state index is -3.56. The molecule has 0 aliphatic carbocycles. The number of fused-ring (bicyclic) bond motifs is 1. The highest BCUT2D eigenvalue weighted by Gasteiger charge is 2.33. The third-order valence-corrected chi connectivity index (χ3v) is 7.38. The summed E-state index contributed by atoms with van der Waals surface area (Å²) in [7, 11) is -3.56. The zero-order chi connectivity index (χ0) is 19.6. The fourth-order valence-electron chi connectivity index (χ4n) is 3.91. The molecule has 4 rings (SSSR count). The maximum atomic E-state index is 12.8. The Morgan fingerprint density at radius 2 is 1.86 bits per heavy atom. The van der Waals surface area contributed by atoms with Crippen molar-refractivity contribution in [2.75, 3.05) is 13.1 Å². The Balaban J connectivity index is 0.00000240. The van der Waals surface area contributed by atoms with E-state index in [0.717, 1.165) is 18.7 Å². The zero-order valence-corrected chi connectivity index (χ0v) is 17.8. The molecule has 2 N–H and O–H groups in total. The van der Waals surface area contributed by atoms with Crippen LogP contribution in [0.1, 0.15) is 29.5 Å². The van der Waals surface area contributed by atoms with Crippen molar-refractivity contribution in [1.29, 1.82) is 0 Å². The first-order valence-electron chi connectivity index (χ1n) is 9.68. The van der Waals surface area contributed by atoms with Gasteiger partial charge in [0.25, 0.3) is 0 Å². The average Bonchev–Trinajstić information content (AvgIpc) is 3.20. The van der Waals surface area contributed by atoms with Crippen molar-refractivity contribution in [3.8, 4) is 0 Å². The Labute approximate surface area is 178 Å². The molecule has 0 spiro atoms. The van der Waals surface area contributed by atoms with Crippen LogP contribution in [0.2, 0.25) is 0 Å². The highest BCUT2D eigenvalue weighted by molar-refractivity contribution is 7.89. The van der Waals surface area contributed by atoms with E-state index in [2.05, 4.69) is 22.8 Å². The first-order valence-corrected chi connectivity index (χ1v) is 11.1. The van der Waals surface area contributed by atoms with E-state index in [1.807, 2.05) is 6.07 Å². The number of hydrogen-bond acceptors (Lipinski definition) is 4. The molecule has 1 fully saturated rings. The van der Waals surface area contributed by atoms with Crippen molar-refractivity contribution in [2.45, 2.75) is 37.4 Å². The molecule has 2 heterocycles. The van der Waals surface area contributed by atoms with Gasteiger partial charge in [-0.05, 0) is 41.7 Å². The van der Waals surface area contributed by atoms with Crippen molar-refractivity contribution in [3.63, 3.8) is 0 Å². The standard InChI is InChI=1S/C21H25N3O3S.ClH/c25-21(23-12-16-8-9-17-13-22-14-19(17)11-16)18-5-4-10-24(15-18)28(26,27)20-6-2-1-3-7-20;/h1-3,6-9,11,18,22H,4-5,10,12-15H2,(H,23,25);1H. The largest absolute Gasteiger partial charge is 0.352 e. The van der Waals surface area contributed by atoms with Crippen molar-refractivity contribution in [3.05, 3.63) is 65.2 Å². The van der Waals surface area contributed by atoms with E-state index in [4.69, 9.17) is 0 Å². The fraction of sp³-hybridized carbons (Fsp3) is 0.381. The molecule has 0 radical (unpaired) electrons. The second kappa shape index (κ2) is 9.26. The molecule has 2 aromatic carbocycles. The highest BCUT2D eigenvalue weighted by Crippen LogP contribution is 2.24. The Morgan fingerprint density at radius 1 is 1.10 bits per heavy atom. The number of nitrogens with one attached hydrogen (secondary N) is 2. The van der Waals surface area contributed by atoms with Gasteiger partial charge in [-0.25, -0.2) is 8.42 Å². The predicted octanol–water partition coefficient (Wildman–Crippen LogP) is 2.43. The van der Waals surface area contributed by atoms with Gasteiger partial charge in [0.05, 0.1) is 10.8 Å². The molecule has 2 aliphatic rings. The van der Waals surface area contributed by atoms with Gasteiger partial charge in [-0.15, -0.1) is 12.4 Å². The topological polar surface area (TPSA) is 78.5 Å². The van der Waals surface area contributed by atoms with E-state index in [-0.39, 0.29) is 35.7 Å². The number of amides is 1. The summed E-state index contributed by atoms with van der Waals surface area (Å²) in [6.07, 6.45) is 1.40. The van der Waals surface area contributed by atoms with Crippen LogP contribution in [-0.4, -0.2) is 31.7 Å². The van der Waals surface area contributed by atoms with Gasteiger partial charge in [0, 0.05) is 32.7 Å². The van der Waals surface area contributed by atoms with E-state index in [1.54, 1.807) is 30.3 Å². The van der Waals surface area contributed by atoms with E-state index in [9.17, 15) is 13.2 Å². The Bertz CT molecular complexity index is 966. The van der Waals surface area contributed by atoms with Crippen LogP contribution < -0.4 is 10.6 Å². The fourth-order valence-corrected chi connectivity index (χ4v) is 5.45. The Hall–Kier alpha value is -1.93. The van der Waals surface area contributed by atoms with E-state index in [0.29, 0.717) is 25.9 Å². The van der Waals surface area contributed by atoms with Gasteiger partial charge in [0.2, 0.25) is 15.9 Å². The number of piperidine rings is 1. The third kappa shape index (κ3) is 4.80. The summed E-state index contributed by atoms with van der Waals surface area (Å²) in [6.45, 7) is 2.92. The molecule has 6 nitrogen and oxygen atoms in total. The van der Waals surface area contributed by atoms with Crippen LogP contribution >= 0.6 is 12.4 Å². The van der Waals surface area contributed by atoms with Crippen LogP contribution in [0.4, 0.5) is 0 Å². The van der Waals surface area contributed by atoms with Crippen molar-refractivity contribution in [1.82, 2.24) is 14.9 Å². The minimum Gasteiger partial charge on any atom is -0.352 e. The second-order valence-corrected chi connectivity index (χ2v) is 9.38. The predicted molar refractivity (Wildman–Crippen MR) is 114 cm³/mol.